The Morgan fingerprint density at radius 3 is 0.871 bits per heavy atom. The summed E-state index contributed by atoms with van der Waals surface area (Å²) in [5.74, 6) is 0.764. The largest absolute Gasteiger partial charge is 0.481 e. The molecule has 0 amide bonds. The second-order valence-corrected chi connectivity index (χ2v) is 22.9. The van der Waals surface area contributed by atoms with E-state index in [0.717, 1.165) is 64.2 Å². The van der Waals surface area contributed by atoms with Gasteiger partial charge < -0.3 is 19.7 Å². The van der Waals surface area contributed by atoms with Crippen molar-refractivity contribution in [2.75, 3.05) is 36.2 Å². The maximum Gasteiger partial charge on any atom is 0.310 e. The van der Waals surface area contributed by atoms with Crippen LogP contribution in [-0.4, -0.2) is 70.3 Å². The highest BCUT2D eigenvalue weighted by atomic mass is 32.2. The van der Waals surface area contributed by atoms with Gasteiger partial charge in [0.25, 0.3) is 0 Å². The average Bonchev–Trinajstić information content (AvgIpc) is 3.34. The van der Waals surface area contributed by atoms with Gasteiger partial charge in [0.05, 0.1) is 37.9 Å². The molecule has 0 spiro atoms. The van der Waals surface area contributed by atoms with Crippen LogP contribution in [0.25, 0.3) is 0 Å². The first-order valence-corrected chi connectivity index (χ1v) is 32.4. The number of aliphatic carboxylic acids is 2. The first kappa shape index (κ1) is 70.7. The van der Waals surface area contributed by atoms with Crippen LogP contribution in [-0.2, 0) is 28.7 Å². The van der Waals surface area contributed by atoms with Crippen LogP contribution >= 0.6 is 23.5 Å². The van der Waals surface area contributed by atoms with Crippen LogP contribution < -0.4 is 0 Å². The van der Waals surface area contributed by atoms with Crippen molar-refractivity contribution in [1.29, 1.82) is 0 Å². The monoisotopic (exact) mass is 1030 g/mol. The van der Waals surface area contributed by atoms with Gasteiger partial charge in [0.15, 0.2) is 0 Å². The number of rotatable bonds is 56. The maximum absolute atomic E-state index is 12.4. The predicted molar refractivity (Wildman–Crippen MR) is 305 cm³/mol. The van der Waals surface area contributed by atoms with Crippen LogP contribution in [0.15, 0.2) is 0 Å². The molecule has 0 aliphatic heterocycles. The smallest absolute Gasteiger partial charge is 0.310 e. The highest BCUT2D eigenvalue weighted by Crippen LogP contribution is 2.36. The number of carboxylic acid groups (broad SMARTS) is 2. The molecule has 0 bridgehead atoms. The molecule has 2 N–H and O–H groups in total. The molecule has 10 heteroatoms. The summed E-state index contributed by atoms with van der Waals surface area (Å²) in [6, 6.07) is 0. The van der Waals surface area contributed by atoms with Gasteiger partial charge in [-0.05, 0) is 25.7 Å². The summed E-state index contributed by atoms with van der Waals surface area (Å²) in [6.07, 6.45) is 53.1. The molecule has 0 aromatic heterocycles. The zero-order valence-electron chi connectivity index (χ0n) is 46.7. The van der Waals surface area contributed by atoms with E-state index in [9.17, 15) is 24.3 Å². The van der Waals surface area contributed by atoms with E-state index < -0.39 is 17.4 Å². The SMILES string of the molecule is CCCCCCCCCCCCC(CCCCCCCCCCCC)(CSCCC(=O)O)C(=O)O.CCCCCCCCCCCCOC(=O)CCSCCC(=O)OCCCCCCCCCCCC. The third kappa shape index (κ3) is 54.4. The molecule has 8 nitrogen and oxygen atoms in total. The highest BCUT2D eigenvalue weighted by molar-refractivity contribution is 7.99. The van der Waals surface area contributed by atoms with Gasteiger partial charge >= 0.3 is 23.9 Å². The Morgan fingerprint density at radius 2 is 0.600 bits per heavy atom. The number of thioether (sulfide) groups is 2. The summed E-state index contributed by atoms with van der Waals surface area (Å²) < 4.78 is 10.6. The Morgan fingerprint density at radius 1 is 0.343 bits per heavy atom. The van der Waals surface area contributed by atoms with Crippen molar-refractivity contribution in [3.8, 4) is 0 Å². The van der Waals surface area contributed by atoms with Gasteiger partial charge in [-0.3, -0.25) is 19.2 Å². The normalized spacial score (nSPS) is 11.4. The van der Waals surface area contributed by atoms with E-state index in [2.05, 4.69) is 27.7 Å². The molecule has 416 valence electrons. The molecule has 70 heavy (non-hydrogen) atoms. The number of unbranched alkanes of at least 4 members (excludes halogenated alkanes) is 36. The fourth-order valence-corrected chi connectivity index (χ4v) is 11.1. The average molecular weight is 1030 g/mol. The minimum absolute atomic E-state index is 0.108. The van der Waals surface area contributed by atoms with E-state index in [0.29, 0.717) is 49.1 Å². The Hall–Kier alpha value is -1.42. The summed E-state index contributed by atoms with van der Waals surface area (Å²) in [6.45, 7) is 10.1. The van der Waals surface area contributed by atoms with E-state index in [1.54, 1.807) is 11.8 Å². The van der Waals surface area contributed by atoms with Gasteiger partial charge in [-0.1, -0.05) is 272 Å². The summed E-state index contributed by atoms with van der Waals surface area (Å²) >= 11 is 3.15. The second-order valence-electron chi connectivity index (χ2n) is 20.6. The van der Waals surface area contributed by atoms with E-state index >= 15 is 0 Å². The van der Waals surface area contributed by atoms with Gasteiger partial charge in [0, 0.05) is 23.0 Å². The van der Waals surface area contributed by atoms with Crippen LogP contribution in [0.2, 0.25) is 0 Å². The number of ether oxygens (including phenoxy) is 2. The molecule has 0 aromatic rings. The number of carboxylic acids is 2. The molecule has 0 unspecified atom stereocenters. The van der Waals surface area contributed by atoms with E-state index in [-0.39, 0.29) is 18.4 Å². The third-order valence-corrected chi connectivity index (χ3v) is 16.0. The standard InChI is InChI=1S/2C30H58O4S/c1-3-5-7-9-11-13-15-17-19-21-25-33-29(31)23-27-35-28-24-30(32)34-26-22-20-18-16-14-12-10-8-6-4-2;1-3-5-7-9-11-13-15-17-19-21-24-30(29(33)34,27-35-26-23-28(31)32)25-22-20-18-16-14-12-10-8-6-4-2/h3-28H2,1-2H3;3-27H2,1-2H3,(H,31,32)(H,33,34). The second kappa shape index (κ2) is 58.5. The highest BCUT2D eigenvalue weighted by Gasteiger charge is 2.37. The topological polar surface area (TPSA) is 127 Å². The lowest BCUT2D eigenvalue weighted by Crippen LogP contribution is -2.34. The first-order chi connectivity index (χ1) is 34.2. The lowest BCUT2D eigenvalue weighted by molar-refractivity contribution is -0.148. The van der Waals surface area contributed by atoms with Crippen molar-refractivity contribution in [1.82, 2.24) is 0 Å². The number of hydrogen-bond donors (Lipinski definition) is 2. The predicted octanol–water partition coefficient (Wildman–Crippen LogP) is 19.3. The molecule has 0 aromatic carbocycles. The molecule has 0 atom stereocenters. The molecule has 0 saturated heterocycles. The van der Waals surface area contributed by atoms with Crippen molar-refractivity contribution < 1.29 is 38.9 Å². The number of carbonyl (C=O) groups excluding carboxylic acids is 2. The van der Waals surface area contributed by atoms with Gasteiger partial charge in [-0.25, -0.2) is 0 Å². The van der Waals surface area contributed by atoms with Crippen molar-refractivity contribution >= 4 is 47.4 Å². The fourth-order valence-electron chi connectivity index (χ4n) is 8.98. The van der Waals surface area contributed by atoms with Crippen LogP contribution in [0.5, 0.6) is 0 Å². The van der Waals surface area contributed by atoms with Crippen molar-refractivity contribution in [3.63, 3.8) is 0 Å². The van der Waals surface area contributed by atoms with Crippen LogP contribution in [0.3, 0.4) is 0 Å². The molecule has 0 radical (unpaired) electrons. The van der Waals surface area contributed by atoms with Crippen LogP contribution in [0.1, 0.15) is 317 Å². The molecule has 0 rings (SSSR count). The van der Waals surface area contributed by atoms with Crippen molar-refractivity contribution in [2.24, 2.45) is 5.41 Å². The van der Waals surface area contributed by atoms with Gasteiger partial charge in [0.2, 0.25) is 0 Å². The summed E-state index contributed by atoms with van der Waals surface area (Å²) in [5, 5.41) is 19.1. The van der Waals surface area contributed by atoms with Crippen LogP contribution in [0.4, 0.5) is 0 Å². The minimum Gasteiger partial charge on any atom is -0.481 e. The Kier molecular flexibility index (Phi) is 59.0. The third-order valence-electron chi connectivity index (χ3n) is 13.7. The van der Waals surface area contributed by atoms with E-state index in [4.69, 9.17) is 14.6 Å². The van der Waals surface area contributed by atoms with Gasteiger partial charge in [0.1, 0.15) is 0 Å². The Labute approximate surface area is 442 Å². The molecule has 0 aliphatic carbocycles. The maximum atomic E-state index is 12.4. The number of esters is 2. The van der Waals surface area contributed by atoms with Crippen LogP contribution in [0, 0.1) is 5.41 Å². The number of hydrogen-bond acceptors (Lipinski definition) is 8. The minimum atomic E-state index is -0.803. The van der Waals surface area contributed by atoms with E-state index in [1.807, 2.05) is 0 Å². The van der Waals surface area contributed by atoms with E-state index in [1.165, 1.54) is 217 Å². The Balaban J connectivity index is 0. The zero-order chi connectivity index (χ0) is 51.7. The molecule has 0 aliphatic rings. The Bertz CT molecular complexity index is 1060. The number of carbonyl (C=O) groups is 4. The lowest BCUT2D eigenvalue weighted by atomic mass is 9.79. The quantitative estimate of drug-likeness (QED) is 0.0449. The van der Waals surface area contributed by atoms with Gasteiger partial charge in [-0.15, -0.1) is 0 Å². The fraction of sp³-hybridized carbons (Fsp3) is 0.933. The molecule has 0 saturated carbocycles. The summed E-state index contributed by atoms with van der Waals surface area (Å²) in [5.41, 5.74) is -0.691. The molecule has 0 fully saturated rings. The van der Waals surface area contributed by atoms with Crippen molar-refractivity contribution in [3.05, 3.63) is 0 Å². The lowest BCUT2D eigenvalue weighted by Gasteiger charge is -2.29. The van der Waals surface area contributed by atoms with Gasteiger partial charge in [-0.2, -0.15) is 23.5 Å². The molecular formula is C60H116O8S2. The summed E-state index contributed by atoms with van der Waals surface area (Å²) in [4.78, 5) is 46.9. The molecular weight excluding hydrogens is 913 g/mol. The van der Waals surface area contributed by atoms with Crippen molar-refractivity contribution in [2.45, 2.75) is 317 Å². The first-order valence-electron chi connectivity index (χ1n) is 30.1. The zero-order valence-corrected chi connectivity index (χ0v) is 48.4. The summed E-state index contributed by atoms with van der Waals surface area (Å²) in [7, 11) is 0. The molecule has 0 heterocycles.